The van der Waals surface area contributed by atoms with E-state index in [-0.39, 0.29) is 27.2 Å². The minimum atomic E-state index is -4.03. The molecule has 0 aliphatic heterocycles. The zero-order chi connectivity index (χ0) is 17.2. The molecule has 9 heteroatoms. The van der Waals surface area contributed by atoms with E-state index in [0.717, 1.165) is 12.3 Å². The Balaban J connectivity index is 2.42. The van der Waals surface area contributed by atoms with Gasteiger partial charge in [-0.2, -0.15) is 0 Å². The fraction of sp³-hybridized carbons (Fsp3) is 0.214. The summed E-state index contributed by atoms with van der Waals surface area (Å²) in [6, 6.07) is 3.57. The van der Waals surface area contributed by atoms with Gasteiger partial charge in [0.1, 0.15) is 10.0 Å². The highest BCUT2D eigenvalue weighted by Gasteiger charge is 2.20. The van der Waals surface area contributed by atoms with E-state index < -0.39 is 15.8 Å². The molecule has 0 atom stereocenters. The quantitative estimate of drug-likeness (QED) is 0.829. The summed E-state index contributed by atoms with van der Waals surface area (Å²) >= 11 is 5.77. The van der Waals surface area contributed by atoms with Crippen LogP contribution in [0, 0.1) is 12.7 Å². The molecule has 23 heavy (non-hydrogen) atoms. The second-order valence-corrected chi connectivity index (χ2v) is 6.61. The van der Waals surface area contributed by atoms with Crippen LogP contribution in [0.15, 0.2) is 29.3 Å². The van der Waals surface area contributed by atoms with Crippen molar-refractivity contribution in [3.05, 3.63) is 40.9 Å². The van der Waals surface area contributed by atoms with E-state index in [2.05, 4.69) is 9.71 Å². The number of nitrogens with one attached hydrogen (secondary N) is 1. The molecule has 0 bridgehead atoms. The number of nitrogens with zero attached hydrogens (tertiary/aromatic N) is 1. The smallest absolute Gasteiger partial charge is 0.263 e. The first-order chi connectivity index (χ1) is 10.8. The third-order valence-corrected chi connectivity index (χ3v) is 4.75. The Labute approximate surface area is 138 Å². The monoisotopic (exact) mass is 360 g/mol. The lowest BCUT2D eigenvalue weighted by atomic mass is 10.2. The summed E-state index contributed by atoms with van der Waals surface area (Å²) in [5, 5.41) is 0.196. The number of benzene rings is 1. The summed E-state index contributed by atoms with van der Waals surface area (Å²) in [7, 11) is -1.32. The lowest BCUT2D eigenvalue weighted by Gasteiger charge is -2.13. The van der Waals surface area contributed by atoms with Gasteiger partial charge < -0.3 is 9.47 Å². The van der Waals surface area contributed by atoms with Crippen molar-refractivity contribution in [1.29, 1.82) is 0 Å². The summed E-state index contributed by atoms with van der Waals surface area (Å²) in [6.07, 6.45) is 1.09. The van der Waals surface area contributed by atoms with Crippen LogP contribution in [0.5, 0.6) is 11.5 Å². The molecule has 0 aliphatic carbocycles. The Morgan fingerprint density at radius 1 is 1.17 bits per heavy atom. The molecule has 0 aliphatic rings. The number of methoxy groups -OCH3 is 2. The Morgan fingerprint density at radius 2 is 1.78 bits per heavy atom. The van der Waals surface area contributed by atoms with Crippen molar-refractivity contribution in [1.82, 2.24) is 4.98 Å². The number of halogens is 2. The molecule has 6 nitrogen and oxygen atoms in total. The van der Waals surface area contributed by atoms with Crippen molar-refractivity contribution in [3.63, 3.8) is 0 Å². The van der Waals surface area contributed by atoms with Gasteiger partial charge in [-0.3, -0.25) is 4.72 Å². The Bertz CT molecular complexity index is 843. The number of hydrogen-bond donors (Lipinski definition) is 1. The molecule has 1 heterocycles. The summed E-state index contributed by atoms with van der Waals surface area (Å²) < 4.78 is 50.9. The van der Waals surface area contributed by atoms with Gasteiger partial charge in [0.15, 0.2) is 17.3 Å². The number of sulfonamides is 1. The Hall–Kier alpha value is -2.06. The van der Waals surface area contributed by atoms with Crippen LogP contribution < -0.4 is 14.2 Å². The second kappa shape index (κ2) is 6.59. The maximum Gasteiger partial charge on any atom is 0.263 e. The SMILES string of the molecule is COc1cc(F)c(NS(=O)(=O)c2cnc(Cl)c(C)c2)cc1OC. The molecule has 0 unspecified atom stereocenters. The highest BCUT2D eigenvalue weighted by atomic mass is 35.5. The molecule has 1 aromatic carbocycles. The third-order valence-electron chi connectivity index (χ3n) is 3.02. The van der Waals surface area contributed by atoms with Crippen LogP contribution >= 0.6 is 11.6 Å². The Kier molecular flexibility index (Phi) is 4.96. The maximum absolute atomic E-state index is 14.0. The summed E-state index contributed by atoms with van der Waals surface area (Å²) in [5.74, 6) is -0.459. The van der Waals surface area contributed by atoms with E-state index in [0.29, 0.717) is 5.56 Å². The molecule has 0 saturated heterocycles. The number of anilines is 1. The minimum absolute atomic E-state index is 0.131. The molecule has 0 spiro atoms. The van der Waals surface area contributed by atoms with E-state index in [1.807, 2.05) is 0 Å². The fourth-order valence-electron chi connectivity index (χ4n) is 1.82. The average molecular weight is 361 g/mol. The predicted molar refractivity (Wildman–Crippen MR) is 84.3 cm³/mol. The summed E-state index contributed by atoms with van der Waals surface area (Å²) in [6.45, 7) is 1.62. The van der Waals surface area contributed by atoms with Gasteiger partial charge in [-0.1, -0.05) is 11.6 Å². The second-order valence-electron chi connectivity index (χ2n) is 4.57. The van der Waals surface area contributed by atoms with Crippen molar-refractivity contribution in [2.45, 2.75) is 11.8 Å². The molecule has 0 radical (unpaired) electrons. The van der Waals surface area contributed by atoms with Gasteiger partial charge >= 0.3 is 0 Å². The lowest BCUT2D eigenvalue weighted by Crippen LogP contribution is -2.15. The van der Waals surface area contributed by atoms with Crippen LogP contribution in [0.4, 0.5) is 10.1 Å². The van der Waals surface area contributed by atoms with E-state index in [9.17, 15) is 12.8 Å². The molecular formula is C14H14ClFN2O4S. The summed E-state index contributed by atoms with van der Waals surface area (Å²) in [5.41, 5.74) is 0.220. The Morgan fingerprint density at radius 3 is 2.35 bits per heavy atom. The van der Waals surface area contributed by atoms with Crippen LogP contribution in [0.1, 0.15) is 5.56 Å². The number of aromatic nitrogens is 1. The molecule has 0 saturated carbocycles. The highest BCUT2D eigenvalue weighted by molar-refractivity contribution is 7.92. The van der Waals surface area contributed by atoms with Crippen molar-refractivity contribution < 1.29 is 22.3 Å². The zero-order valence-corrected chi connectivity index (χ0v) is 14.1. The third kappa shape index (κ3) is 3.65. The van der Waals surface area contributed by atoms with Crippen LogP contribution in [0.25, 0.3) is 0 Å². The van der Waals surface area contributed by atoms with Crippen LogP contribution in [0.3, 0.4) is 0 Å². The highest BCUT2D eigenvalue weighted by Crippen LogP contribution is 2.33. The van der Waals surface area contributed by atoms with Crippen molar-refractivity contribution in [2.24, 2.45) is 0 Å². The number of aryl methyl sites for hydroxylation is 1. The largest absolute Gasteiger partial charge is 0.493 e. The van der Waals surface area contributed by atoms with Gasteiger partial charge in [0, 0.05) is 18.3 Å². The maximum atomic E-state index is 14.0. The first-order valence-electron chi connectivity index (χ1n) is 6.35. The van der Waals surface area contributed by atoms with Crippen LogP contribution in [-0.4, -0.2) is 27.6 Å². The van der Waals surface area contributed by atoms with Crippen molar-refractivity contribution in [3.8, 4) is 11.5 Å². The van der Waals surface area contributed by atoms with E-state index in [1.54, 1.807) is 6.92 Å². The first kappa shape index (κ1) is 17.3. The standard InChI is InChI=1S/C14H14ClFN2O4S/c1-8-4-9(7-17-14(8)15)23(19,20)18-11-6-13(22-3)12(21-2)5-10(11)16/h4-7,18H,1-3H3. The molecule has 1 N–H and O–H groups in total. The minimum Gasteiger partial charge on any atom is -0.493 e. The number of hydrogen-bond acceptors (Lipinski definition) is 5. The van der Waals surface area contributed by atoms with Gasteiger partial charge in [0.05, 0.1) is 19.9 Å². The topological polar surface area (TPSA) is 77.5 Å². The van der Waals surface area contributed by atoms with Crippen LogP contribution in [-0.2, 0) is 10.0 Å². The fourth-order valence-corrected chi connectivity index (χ4v) is 3.01. The van der Waals surface area contributed by atoms with Gasteiger partial charge in [-0.15, -0.1) is 0 Å². The van der Waals surface area contributed by atoms with Crippen molar-refractivity contribution >= 4 is 27.3 Å². The van der Waals surface area contributed by atoms with Gasteiger partial charge in [0.2, 0.25) is 0 Å². The molecule has 2 aromatic rings. The zero-order valence-electron chi connectivity index (χ0n) is 12.6. The van der Waals surface area contributed by atoms with Crippen molar-refractivity contribution in [2.75, 3.05) is 18.9 Å². The number of pyridine rings is 1. The molecule has 2 rings (SSSR count). The van der Waals surface area contributed by atoms with Gasteiger partial charge in [-0.25, -0.2) is 17.8 Å². The summed E-state index contributed by atoms with van der Waals surface area (Å²) in [4.78, 5) is 3.65. The average Bonchev–Trinajstić information content (AvgIpc) is 2.51. The van der Waals surface area contributed by atoms with E-state index >= 15 is 0 Å². The van der Waals surface area contributed by atoms with E-state index in [4.69, 9.17) is 21.1 Å². The molecule has 0 fully saturated rings. The first-order valence-corrected chi connectivity index (χ1v) is 8.21. The van der Waals surface area contributed by atoms with E-state index in [1.165, 1.54) is 26.4 Å². The molecular weight excluding hydrogens is 347 g/mol. The molecule has 0 amide bonds. The normalized spacial score (nSPS) is 11.2. The van der Waals surface area contributed by atoms with Gasteiger partial charge in [0.25, 0.3) is 10.0 Å². The van der Waals surface area contributed by atoms with Crippen LogP contribution in [0.2, 0.25) is 5.15 Å². The number of rotatable bonds is 5. The number of ether oxygens (including phenoxy) is 2. The predicted octanol–water partition coefficient (Wildman–Crippen LogP) is 3.00. The molecule has 124 valence electrons. The lowest BCUT2D eigenvalue weighted by molar-refractivity contribution is 0.353. The molecule has 1 aromatic heterocycles. The van der Waals surface area contributed by atoms with Gasteiger partial charge in [-0.05, 0) is 18.6 Å².